The van der Waals surface area contributed by atoms with E-state index in [2.05, 4.69) is 5.32 Å². The van der Waals surface area contributed by atoms with E-state index < -0.39 is 6.10 Å². The van der Waals surface area contributed by atoms with Gasteiger partial charge in [0.05, 0.1) is 17.9 Å². The molecule has 0 spiro atoms. The SMILES string of the molecule is O=C(NC[C@H](O)c1ccccc1)c1cc2occc2n1Cc1ccccc1. The van der Waals surface area contributed by atoms with Gasteiger partial charge in [0, 0.05) is 25.2 Å². The standard InChI is InChI=1S/C22H20N2O3/c25-20(17-9-5-2-6-10-17)14-23-22(26)19-13-21-18(11-12-27-21)24(19)15-16-7-3-1-4-8-16/h1-13,20,25H,14-15H2,(H,23,26)/t20-/m0/s1. The fraction of sp³-hybridized carbons (Fsp3) is 0.136. The predicted octanol–water partition coefficient (Wildman–Crippen LogP) is 3.75. The minimum Gasteiger partial charge on any atom is -0.463 e. The topological polar surface area (TPSA) is 67.4 Å². The maximum atomic E-state index is 12.8. The van der Waals surface area contributed by atoms with Crippen molar-refractivity contribution in [1.82, 2.24) is 9.88 Å². The average molecular weight is 360 g/mol. The summed E-state index contributed by atoms with van der Waals surface area (Å²) in [6.07, 6.45) is 0.864. The van der Waals surface area contributed by atoms with Crippen LogP contribution in [0.3, 0.4) is 0 Å². The van der Waals surface area contributed by atoms with Crippen LogP contribution in [-0.4, -0.2) is 22.1 Å². The number of carbonyl (C=O) groups excluding carboxylic acids is 1. The van der Waals surface area contributed by atoms with Crippen molar-refractivity contribution < 1.29 is 14.3 Å². The molecule has 2 aromatic carbocycles. The number of benzene rings is 2. The highest BCUT2D eigenvalue weighted by atomic mass is 16.3. The minimum absolute atomic E-state index is 0.140. The molecule has 2 heterocycles. The lowest BCUT2D eigenvalue weighted by Crippen LogP contribution is -2.30. The molecule has 27 heavy (non-hydrogen) atoms. The Kier molecular flexibility index (Phi) is 4.77. The van der Waals surface area contributed by atoms with Crippen molar-refractivity contribution in [3.8, 4) is 0 Å². The molecule has 4 rings (SSSR count). The molecule has 0 unspecified atom stereocenters. The summed E-state index contributed by atoms with van der Waals surface area (Å²) in [6, 6.07) is 22.8. The lowest BCUT2D eigenvalue weighted by Gasteiger charge is -2.14. The molecule has 5 heteroatoms. The Morgan fingerprint density at radius 1 is 1.04 bits per heavy atom. The largest absolute Gasteiger partial charge is 0.463 e. The van der Waals surface area contributed by atoms with E-state index in [1.54, 1.807) is 12.3 Å². The lowest BCUT2D eigenvalue weighted by molar-refractivity contribution is 0.0908. The molecule has 1 atom stereocenters. The molecule has 1 amide bonds. The summed E-state index contributed by atoms with van der Waals surface area (Å²) >= 11 is 0. The number of hydrogen-bond donors (Lipinski definition) is 2. The highest BCUT2D eigenvalue weighted by molar-refractivity contribution is 5.97. The second-order valence-electron chi connectivity index (χ2n) is 6.41. The Labute approximate surface area is 156 Å². The van der Waals surface area contributed by atoms with Crippen LogP contribution in [0.15, 0.2) is 83.5 Å². The maximum absolute atomic E-state index is 12.8. The van der Waals surface area contributed by atoms with Crippen LogP contribution in [0.2, 0.25) is 0 Å². The van der Waals surface area contributed by atoms with Gasteiger partial charge in [-0.25, -0.2) is 0 Å². The summed E-state index contributed by atoms with van der Waals surface area (Å²) < 4.78 is 7.40. The first-order valence-corrected chi connectivity index (χ1v) is 8.84. The van der Waals surface area contributed by atoms with E-state index >= 15 is 0 Å². The molecule has 0 saturated heterocycles. The number of aliphatic hydroxyl groups is 1. The minimum atomic E-state index is -0.754. The summed E-state index contributed by atoms with van der Waals surface area (Å²) in [4.78, 5) is 12.8. The van der Waals surface area contributed by atoms with Gasteiger partial charge >= 0.3 is 0 Å². The summed E-state index contributed by atoms with van der Waals surface area (Å²) in [5.74, 6) is -0.243. The normalized spacial score (nSPS) is 12.2. The van der Waals surface area contributed by atoms with Crippen molar-refractivity contribution in [2.75, 3.05) is 6.54 Å². The second kappa shape index (κ2) is 7.51. The van der Waals surface area contributed by atoms with Crippen LogP contribution < -0.4 is 5.32 Å². The Hall–Kier alpha value is -3.31. The van der Waals surface area contributed by atoms with E-state index in [1.807, 2.05) is 71.3 Å². The first-order chi connectivity index (χ1) is 13.2. The molecule has 2 N–H and O–H groups in total. The number of rotatable bonds is 6. The Morgan fingerprint density at radius 2 is 1.74 bits per heavy atom. The highest BCUT2D eigenvalue weighted by Crippen LogP contribution is 2.23. The van der Waals surface area contributed by atoms with Gasteiger partial charge in [-0.05, 0) is 11.1 Å². The third-order valence-electron chi connectivity index (χ3n) is 4.58. The van der Waals surface area contributed by atoms with Gasteiger partial charge in [0.2, 0.25) is 0 Å². The van der Waals surface area contributed by atoms with Crippen molar-refractivity contribution in [3.05, 3.63) is 95.9 Å². The van der Waals surface area contributed by atoms with Crippen LogP contribution in [0.5, 0.6) is 0 Å². The molecule has 2 aromatic heterocycles. The number of aromatic nitrogens is 1. The third-order valence-corrected chi connectivity index (χ3v) is 4.58. The van der Waals surface area contributed by atoms with Gasteiger partial charge in [-0.2, -0.15) is 0 Å². The molecule has 0 radical (unpaired) electrons. The van der Waals surface area contributed by atoms with Gasteiger partial charge in [0.15, 0.2) is 5.58 Å². The first kappa shape index (κ1) is 17.1. The Bertz CT molecular complexity index is 1040. The molecule has 5 nitrogen and oxygen atoms in total. The molecule has 0 fully saturated rings. The van der Waals surface area contributed by atoms with Crippen molar-refractivity contribution >= 4 is 17.0 Å². The average Bonchev–Trinajstić information content (AvgIpc) is 3.30. The van der Waals surface area contributed by atoms with Crippen LogP contribution in [-0.2, 0) is 6.54 Å². The number of furan rings is 1. The summed E-state index contributed by atoms with van der Waals surface area (Å²) in [7, 11) is 0. The number of hydrogen-bond acceptors (Lipinski definition) is 3. The fourth-order valence-corrected chi connectivity index (χ4v) is 3.17. The number of nitrogens with zero attached hydrogens (tertiary/aromatic N) is 1. The molecule has 136 valence electrons. The van der Waals surface area contributed by atoms with E-state index in [0.717, 1.165) is 16.6 Å². The molecule has 0 bridgehead atoms. The predicted molar refractivity (Wildman–Crippen MR) is 103 cm³/mol. The monoisotopic (exact) mass is 360 g/mol. The van der Waals surface area contributed by atoms with E-state index in [-0.39, 0.29) is 12.5 Å². The van der Waals surface area contributed by atoms with Crippen molar-refractivity contribution in [3.63, 3.8) is 0 Å². The highest BCUT2D eigenvalue weighted by Gasteiger charge is 2.18. The zero-order chi connectivity index (χ0) is 18.6. The van der Waals surface area contributed by atoms with Crippen LogP contribution >= 0.6 is 0 Å². The quantitative estimate of drug-likeness (QED) is 0.550. The Balaban J connectivity index is 1.55. The van der Waals surface area contributed by atoms with Crippen molar-refractivity contribution in [2.45, 2.75) is 12.6 Å². The molecule has 0 aliphatic carbocycles. The molecule has 0 saturated carbocycles. The maximum Gasteiger partial charge on any atom is 0.268 e. The van der Waals surface area contributed by atoms with E-state index in [0.29, 0.717) is 17.8 Å². The van der Waals surface area contributed by atoms with Crippen LogP contribution in [0.1, 0.15) is 27.7 Å². The van der Waals surface area contributed by atoms with Crippen LogP contribution in [0.25, 0.3) is 11.1 Å². The summed E-state index contributed by atoms with van der Waals surface area (Å²) in [5, 5.41) is 13.1. The zero-order valence-corrected chi connectivity index (χ0v) is 14.7. The molecular formula is C22H20N2O3. The van der Waals surface area contributed by atoms with Gasteiger partial charge in [0.25, 0.3) is 5.91 Å². The van der Waals surface area contributed by atoms with Crippen molar-refractivity contribution in [1.29, 1.82) is 0 Å². The van der Waals surface area contributed by atoms with E-state index in [4.69, 9.17) is 4.42 Å². The molecule has 0 aliphatic rings. The summed E-state index contributed by atoms with van der Waals surface area (Å²) in [5.41, 5.74) is 3.90. The molecule has 0 aliphatic heterocycles. The summed E-state index contributed by atoms with van der Waals surface area (Å²) in [6.45, 7) is 0.703. The van der Waals surface area contributed by atoms with Crippen LogP contribution in [0.4, 0.5) is 0 Å². The van der Waals surface area contributed by atoms with E-state index in [1.165, 1.54) is 0 Å². The van der Waals surface area contributed by atoms with Crippen molar-refractivity contribution in [2.24, 2.45) is 0 Å². The van der Waals surface area contributed by atoms with Gasteiger partial charge < -0.3 is 19.4 Å². The van der Waals surface area contributed by atoms with Gasteiger partial charge in [0.1, 0.15) is 5.69 Å². The van der Waals surface area contributed by atoms with Gasteiger partial charge in [-0.3, -0.25) is 4.79 Å². The number of fused-ring (bicyclic) bond motifs is 1. The smallest absolute Gasteiger partial charge is 0.268 e. The Morgan fingerprint density at radius 3 is 2.48 bits per heavy atom. The fourth-order valence-electron chi connectivity index (χ4n) is 3.17. The third kappa shape index (κ3) is 3.64. The molecule has 4 aromatic rings. The number of nitrogens with one attached hydrogen (secondary N) is 1. The van der Waals surface area contributed by atoms with E-state index in [9.17, 15) is 9.90 Å². The lowest BCUT2D eigenvalue weighted by atomic mass is 10.1. The second-order valence-corrected chi connectivity index (χ2v) is 6.41. The number of carbonyl (C=O) groups is 1. The first-order valence-electron chi connectivity index (χ1n) is 8.84. The number of amides is 1. The van der Waals surface area contributed by atoms with Gasteiger partial charge in [-0.1, -0.05) is 60.7 Å². The van der Waals surface area contributed by atoms with Gasteiger partial charge in [-0.15, -0.1) is 0 Å². The zero-order valence-electron chi connectivity index (χ0n) is 14.7. The van der Waals surface area contributed by atoms with Crippen LogP contribution in [0, 0.1) is 0 Å². The molecular weight excluding hydrogens is 340 g/mol. The number of aliphatic hydroxyl groups excluding tert-OH is 1.